The van der Waals surface area contributed by atoms with E-state index in [4.69, 9.17) is 4.74 Å². The van der Waals surface area contributed by atoms with Gasteiger partial charge in [0.2, 0.25) is 0 Å². The van der Waals surface area contributed by atoms with Gasteiger partial charge >= 0.3 is 0 Å². The number of rotatable bonds is 5. The van der Waals surface area contributed by atoms with E-state index >= 15 is 0 Å². The fraction of sp³-hybridized carbons (Fsp3) is 0.111. The molecule has 0 aliphatic heterocycles. The first-order valence-corrected chi connectivity index (χ1v) is 7.37. The van der Waals surface area contributed by atoms with Crippen molar-refractivity contribution in [2.24, 2.45) is 0 Å². The molecule has 122 valence electrons. The zero-order valence-corrected chi connectivity index (χ0v) is 13.1. The highest BCUT2D eigenvalue weighted by Crippen LogP contribution is 2.18. The summed E-state index contributed by atoms with van der Waals surface area (Å²) < 4.78 is 20.4. The number of para-hydroxylation sites is 1. The number of imidazole rings is 1. The Labute approximate surface area is 138 Å². The molecule has 5 nitrogen and oxygen atoms in total. The maximum atomic E-state index is 13.7. The lowest BCUT2D eigenvalue weighted by Crippen LogP contribution is -2.23. The van der Waals surface area contributed by atoms with Crippen molar-refractivity contribution in [3.8, 4) is 11.4 Å². The Bertz CT molecular complexity index is 847. The number of amides is 1. The van der Waals surface area contributed by atoms with Gasteiger partial charge in [-0.15, -0.1) is 0 Å². The first kappa shape index (κ1) is 15.7. The Morgan fingerprint density at radius 2 is 2.12 bits per heavy atom. The van der Waals surface area contributed by atoms with Crippen molar-refractivity contribution in [2.75, 3.05) is 7.11 Å². The minimum atomic E-state index is -0.566. The van der Waals surface area contributed by atoms with Crippen LogP contribution >= 0.6 is 0 Å². The predicted octanol–water partition coefficient (Wildman–Crippen LogP) is 2.95. The molecule has 0 saturated heterocycles. The van der Waals surface area contributed by atoms with Crippen molar-refractivity contribution in [2.45, 2.75) is 6.54 Å². The summed E-state index contributed by atoms with van der Waals surface area (Å²) in [5, 5.41) is 2.80. The molecule has 2 aromatic carbocycles. The third-order valence-electron chi connectivity index (χ3n) is 3.63. The highest BCUT2D eigenvalue weighted by Gasteiger charge is 2.11. The number of ether oxygens (including phenoxy) is 1. The van der Waals surface area contributed by atoms with Crippen LogP contribution in [0.5, 0.6) is 5.75 Å². The first-order chi connectivity index (χ1) is 11.7. The number of nitrogens with one attached hydrogen (secondary N) is 1. The standard InChI is InChI=1S/C18H16FN3O2/c1-24-17-7-6-13(10-15(17)19)18(23)21-11-14-4-2-3-5-16(14)22-9-8-20-12-22/h2-10,12H,11H2,1H3,(H,21,23). The Kier molecular flexibility index (Phi) is 4.56. The highest BCUT2D eigenvalue weighted by molar-refractivity contribution is 5.94. The number of hydrogen-bond donors (Lipinski definition) is 1. The number of carbonyl (C=O) groups is 1. The van der Waals surface area contributed by atoms with E-state index in [2.05, 4.69) is 10.3 Å². The van der Waals surface area contributed by atoms with Crippen LogP contribution in [0.15, 0.2) is 61.2 Å². The number of aromatic nitrogens is 2. The van der Waals surface area contributed by atoms with Crippen molar-refractivity contribution in [3.05, 3.63) is 78.1 Å². The Morgan fingerprint density at radius 3 is 2.83 bits per heavy atom. The van der Waals surface area contributed by atoms with Crippen LogP contribution in [-0.2, 0) is 6.54 Å². The molecule has 3 rings (SSSR count). The molecule has 0 aliphatic carbocycles. The van der Waals surface area contributed by atoms with Crippen molar-refractivity contribution in [3.63, 3.8) is 0 Å². The third kappa shape index (κ3) is 3.27. The van der Waals surface area contributed by atoms with Gasteiger partial charge in [-0.2, -0.15) is 0 Å². The van der Waals surface area contributed by atoms with Gasteiger partial charge in [0, 0.05) is 24.5 Å². The molecule has 0 spiro atoms. The fourth-order valence-corrected chi connectivity index (χ4v) is 2.40. The molecule has 0 radical (unpaired) electrons. The van der Waals surface area contributed by atoms with Crippen LogP contribution in [0.1, 0.15) is 15.9 Å². The summed E-state index contributed by atoms with van der Waals surface area (Å²) in [4.78, 5) is 16.3. The predicted molar refractivity (Wildman–Crippen MR) is 87.7 cm³/mol. The summed E-state index contributed by atoms with van der Waals surface area (Å²) in [5.74, 6) is -0.807. The van der Waals surface area contributed by atoms with Crippen LogP contribution in [0.4, 0.5) is 4.39 Å². The van der Waals surface area contributed by atoms with E-state index in [0.717, 1.165) is 17.3 Å². The Balaban J connectivity index is 1.74. The number of carbonyl (C=O) groups excluding carboxylic acids is 1. The molecule has 0 fully saturated rings. The highest BCUT2D eigenvalue weighted by atomic mass is 19.1. The SMILES string of the molecule is COc1ccc(C(=O)NCc2ccccc2-n2ccnc2)cc1F. The van der Waals surface area contributed by atoms with Gasteiger partial charge in [-0.25, -0.2) is 9.37 Å². The van der Waals surface area contributed by atoms with Crippen molar-refractivity contribution < 1.29 is 13.9 Å². The normalized spacial score (nSPS) is 10.4. The van der Waals surface area contributed by atoms with E-state index in [0.29, 0.717) is 6.54 Å². The minimum Gasteiger partial charge on any atom is -0.494 e. The smallest absolute Gasteiger partial charge is 0.251 e. The molecule has 1 amide bonds. The van der Waals surface area contributed by atoms with Gasteiger partial charge in [0.25, 0.3) is 5.91 Å². The summed E-state index contributed by atoms with van der Waals surface area (Å²) in [6, 6.07) is 11.8. The Hall–Kier alpha value is -3.15. The largest absolute Gasteiger partial charge is 0.494 e. The molecular formula is C18H16FN3O2. The van der Waals surface area contributed by atoms with Gasteiger partial charge < -0.3 is 14.6 Å². The van der Waals surface area contributed by atoms with E-state index in [1.807, 2.05) is 35.0 Å². The number of nitrogens with zero attached hydrogens (tertiary/aromatic N) is 2. The van der Waals surface area contributed by atoms with E-state index < -0.39 is 5.82 Å². The average molecular weight is 325 g/mol. The summed E-state index contributed by atoms with van der Waals surface area (Å²) in [6.45, 7) is 0.320. The Morgan fingerprint density at radius 1 is 1.29 bits per heavy atom. The zero-order valence-electron chi connectivity index (χ0n) is 13.1. The quantitative estimate of drug-likeness (QED) is 0.785. The van der Waals surface area contributed by atoms with Gasteiger partial charge in [-0.1, -0.05) is 18.2 Å². The first-order valence-electron chi connectivity index (χ1n) is 7.37. The van der Waals surface area contributed by atoms with Gasteiger partial charge in [0.05, 0.1) is 19.1 Å². The second-order valence-corrected chi connectivity index (χ2v) is 5.13. The fourth-order valence-electron chi connectivity index (χ4n) is 2.40. The lowest BCUT2D eigenvalue weighted by Gasteiger charge is -2.11. The van der Waals surface area contributed by atoms with E-state index in [9.17, 15) is 9.18 Å². The monoisotopic (exact) mass is 325 g/mol. The molecular weight excluding hydrogens is 309 g/mol. The lowest BCUT2D eigenvalue weighted by atomic mass is 10.1. The molecule has 1 aromatic heterocycles. The third-order valence-corrected chi connectivity index (χ3v) is 3.63. The molecule has 0 bridgehead atoms. The molecule has 1 heterocycles. The molecule has 0 saturated carbocycles. The topological polar surface area (TPSA) is 56.1 Å². The average Bonchev–Trinajstić information content (AvgIpc) is 3.14. The number of halogens is 1. The van der Waals surface area contributed by atoms with Gasteiger partial charge in [-0.3, -0.25) is 4.79 Å². The van der Waals surface area contributed by atoms with Crippen LogP contribution in [0.25, 0.3) is 5.69 Å². The molecule has 24 heavy (non-hydrogen) atoms. The number of methoxy groups -OCH3 is 1. The summed E-state index contributed by atoms with van der Waals surface area (Å²) in [5.41, 5.74) is 2.10. The van der Waals surface area contributed by atoms with Crippen LogP contribution in [0.3, 0.4) is 0 Å². The van der Waals surface area contributed by atoms with Crippen molar-refractivity contribution in [1.29, 1.82) is 0 Å². The summed E-state index contributed by atoms with van der Waals surface area (Å²) >= 11 is 0. The van der Waals surface area contributed by atoms with Crippen molar-refractivity contribution >= 4 is 5.91 Å². The van der Waals surface area contributed by atoms with Crippen LogP contribution in [-0.4, -0.2) is 22.6 Å². The molecule has 0 atom stereocenters. The summed E-state index contributed by atoms with van der Waals surface area (Å²) in [7, 11) is 1.38. The van der Waals surface area contributed by atoms with Gasteiger partial charge in [0.1, 0.15) is 0 Å². The number of benzene rings is 2. The molecule has 6 heteroatoms. The second kappa shape index (κ2) is 6.95. The molecule has 0 unspecified atom stereocenters. The van der Waals surface area contributed by atoms with E-state index in [-0.39, 0.29) is 17.2 Å². The minimum absolute atomic E-state index is 0.108. The van der Waals surface area contributed by atoms with E-state index in [1.54, 1.807) is 12.5 Å². The van der Waals surface area contributed by atoms with Crippen molar-refractivity contribution in [1.82, 2.24) is 14.9 Å². The van der Waals surface area contributed by atoms with Crippen LogP contribution in [0.2, 0.25) is 0 Å². The lowest BCUT2D eigenvalue weighted by molar-refractivity contribution is 0.0950. The maximum Gasteiger partial charge on any atom is 0.251 e. The summed E-state index contributed by atoms with van der Waals surface area (Å²) in [6.07, 6.45) is 5.22. The van der Waals surface area contributed by atoms with Crippen LogP contribution in [0, 0.1) is 5.82 Å². The van der Waals surface area contributed by atoms with Gasteiger partial charge in [0.15, 0.2) is 11.6 Å². The van der Waals surface area contributed by atoms with E-state index in [1.165, 1.54) is 19.2 Å². The molecule has 3 aromatic rings. The molecule has 1 N–H and O–H groups in total. The van der Waals surface area contributed by atoms with Gasteiger partial charge in [-0.05, 0) is 29.8 Å². The zero-order chi connectivity index (χ0) is 16.9. The molecule has 0 aliphatic rings. The number of hydrogen-bond acceptors (Lipinski definition) is 3. The maximum absolute atomic E-state index is 13.7. The van der Waals surface area contributed by atoms with Crippen LogP contribution < -0.4 is 10.1 Å². The second-order valence-electron chi connectivity index (χ2n) is 5.13.